The zero-order valence-electron chi connectivity index (χ0n) is 11.3. The van der Waals surface area contributed by atoms with Gasteiger partial charge in [0.15, 0.2) is 0 Å². The second-order valence-electron chi connectivity index (χ2n) is 4.69. The summed E-state index contributed by atoms with van der Waals surface area (Å²) in [5.74, 6) is -0.921. The van der Waals surface area contributed by atoms with Gasteiger partial charge in [-0.25, -0.2) is 9.18 Å². The van der Waals surface area contributed by atoms with Crippen molar-refractivity contribution in [2.75, 3.05) is 0 Å². The van der Waals surface area contributed by atoms with Gasteiger partial charge in [-0.3, -0.25) is 0 Å². The first kappa shape index (κ1) is 14.1. The van der Waals surface area contributed by atoms with Crippen LogP contribution < -0.4 is 4.74 Å². The fourth-order valence-electron chi connectivity index (χ4n) is 1.89. The Balaban J connectivity index is 2.45. The average molecular weight is 274 g/mol. The monoisotopic (exact) mass is 274 g/mol. The van der Waals surface area contributed by atoms with E-state index in [0.29, 0.717) is 11.3 Å². The predicted octanol–water partition coefficient (Wildman–Crippen LogP) is 3.98. The van der Waals surface area contributed by atoms with Gasteiger partial charge in [-0.1, -0.05) is 12.1 Å². The maximum absolute atomic E-state index is 13.9. The number of benzene rings is 2. The summed E-state index contributed by atoms with van der Waals surface area (Å²) in [7, 11) is 0. The van der Waals surface area contributed by atoms with Crippen molar-refractivity contribution in [1.29, 1.82) is 0 Å². The molecule has 0 spiro atoms. The molecule has 2 aromatic rings. The first-order chi connectivity index (χ1) is 9.47. The zero-order valence-corrected chi connectivity index (χ0v) is 11.3. The molecule has 0 bridgehead atoms. The van der Waals surface area contributed by atoms with E-state index < -0.39 is 11.8 Å². The minimum atomic E-state index is -1.08. The van der Waals surface area contributed by atoms with Gasteiger partial charge >= 0.3 is 5.97 Å². The molecule has 0 heterocycles. The van der Waals surface area contributed by atoms with E-state index in [9.17, 15) is 9.18 Å². The summed E-state index contributed by atoms with van der Waals surface area (Å²) in [6, 6.07) is 10.7. The van der Waals surface area contributed by atoms with Crippen LogP contribution >= 0.6 is 0 Å². The number of hydrogen-bond donors (Lipinski definition) is 1. The molecular formula is C16H15FO3. The molecule has 0 saturated heterocycles. The lowest BCUT2D eigenvalue weighted by Gasteiger charge is -2.11. The second kappa shape index (κ2) is 5.74. The van der Waals surface area contributed by atoms with Crippen LogP contribution in [0.2, 0.25) is 0 Å². The summed E-state index contributed by atoms with van der Waals surface area (Å²) in [4.78, 5) is 11.0. The number of aromatic carboxylic acids is 1. The number of carbonyl (C=O) groups is 1. The molecule has 0 fully saturated rings. The van der Waals surface area contributed by atoms with E-state index in [1.807, 2.05) is 13.8 Å². The van der Waals surface area contributed by atoms with E-state index in [-0.39, 0.29) is 17.2 Å². The third-order valence-electron chi connectivity index (χ3n) is 2.73. The fourth-order valence-corrected chi connectivity index (χ4v) is 1.89. The normalized spacial score (nSPS) is 10.6. The van der Waals surface area contributed by atoms with Crippen LogP contribution in [-0.2, 0) is 0 Å². The van der Waals surface area contributed by atoms with Gasteiger partial charge < -0.3 is 9.84 Å². The Morgan fingerprint density at radius 2 is 1.95 bits per heavy atom. The lowest BCUT2D eigenvalue weighted by Crippen LogP contribution is -2.05. The molecule has 0 amide bonds. The molecular weight excluding hydrogens is 259 g/mol. The Morgan fingerprint density at radius 3 is 2.60 bits per heavy atom. The summed E-state index contributed by atoms with van der Waals surface area (Å²) in [6.45, 7) is 3.80. The van der Waals surface area contributed by atoms with Crippen LogP contribution in [0.5, 0.6) is 5.75 Å². The summed E-state index contributed by atoms with van der Waals surface area (Å²) in [5, 5.41) is 8.97. The molecule has 0 aromatic heterocycles. The number of halogens is 1. The molecule has 0 radical (unpaired) electrons. The molecule has 4 heteroatoms. The summed E-state index contributed by atoms with van der Waals surface area (Å²) in [6.07, 6.45) is 0.0143. The fraction of sp³-hybridized carbons (Fsp3) is 0.188. The van der Waals surface area contributed by atoms with Gasteiger partial charge in [0.25, 0.3) is 0 Å². The van der Waals surface area contributed by atoms with Crippen LogP contribution in [0, 0.1) is 5.82 Å². The highest BCUT2D eigenvalue weighted by molar-refractivity contribution is 5.89. The minimum Gasteiger partial charge on any atom is -0.491 e. The van der Waals surface area contributed by atoms with E-state index in [2.05, 4.69) is 0 Å². The van der Waals surface area contributed by atoms with Crippen molar-refractivity contribution in [2.24, 2.45) is 0 Å². The lowest BCUT2D eigenvalue weighted by molar-refractivity contribution is 0.0697. The molecule has 0 aliphatic heterocycles. The standard InChI is InChI=1S/C16H15FO3/c1-10(2)20-13-5-3-4-11(8-13)14-9-12(16(18)19)6-7-15(14)17/h3-10H,1-2H3,(H,18,19). The molecule has 0 saturated carbocycles. The smallest absolute Gasteiger partial charge is 0.335 e. The van der Waals surface area contributed by atoms with Crippen LogP contribution in [0.25, 0.3) is 11.1 Å². The highest BCUT2D eigenvalue weighted by Gasteiger charge is 2.11. The van der Waals surface area contributed by atoms with E-state index in [0.717, 1.165) is 6.07 Å². The number of carboxylic acid groups (broad SMARTS) is 1. The zero-order chi connectivity index (χ0) is 14.7. The molecule has 0 aliphatic carbocycles. The molecule has 104 valence electrons. The van der Waals surface area contributed by atoms with Gasteiger partial charge in [0.2, 0.25) is 0 Å². The predicted molar refractivity (Wildman–Crippen MR) is 74.6 cm³/mol. The highest BCUT2D eigenvalue weighted by Crippen LogP contribution is 2.27. The Bertz CT molecular complexity index is 635. The Kier molecular flexibility index (Phi) is 4.03. The van der Waals surface area contributed by atoms with Crippen molar-refractivity contribution in [1.82, 2.24) is 0 Å². The van der Waals surface area contributed by atoms with Crippen molar-refractivity contribution in [3.63, 3.8) is 0 Å². The van der Waals surface area contributed by atoms with Gasteiger partial charge in [-0.15, -0.1) is 0 Å². The van der Waals surface area contributed by atoms with Gasteiger partial charge in [0, 0.05) is 5.56 Å². The van der Waals surface area contributed by atoms with Gasteiger partial charge in [0.05, 0.1) is 11.7 Å². The van der Waals surface area contributed by atoms with Crippen LogP contribution in [0.15, 0.2) is 42.5 Å². The van der Waals surface area contributed by atoms with Crippen molar-refractivity contribution in [3.05, 3.63) is 53.8 Å². The highest BCUT2D eigenvalue weighted by atomic mass is 19.1. The van der Waals surface area contributed by atoms with Gasteiger partial charge in [-0.2, -0.15) is 0 Å². The Hall–Kier alpha value is -2.36. The molecule has 20 heavy (non-hydrogen) atoms. The molecule has 2 rings (SSSR count). The summed E-state index contributed by atoms with van der Waals surface area (Å²) < 4.78 is 19.4. The number of carboxylic acids is 1. The molecule has 0 atom stereocenters. The maximum Gasteiger partial charge on any atom is 0.335 e. The molecule has 2 aromatic carbocycles. The topological polar surface area (TPSA) is 46.5 Å². The third-order valence-corrected chi connectivity index (χ3v) is 2.73. The minimum absolute atomic E-state index is 0.0143. The molecule has 1 N–H and O–H groups in total. The Labute approximate surface area is 116 Å². The SMILES string of the molecule is CC(C)Oc1cccc(-c2cc(C(=O)O)ccc2F)c1. The maximum atomic E-state index is 13.9. The summed E-state index contributed by atoms with van der Waals surface area (Å²) in [5.41, 5.74) is 0.888. The van der Waals surface area contributed by atoms with Crippen molar-refractivity contribution >= 4 is 5.97 Å². The van der Waals surface area contributed by atoms with Gasteiger partial charge in [-0.05, 0) is 49.7 Å². The summed E-state index contributed by atoms with van der Waals surface area (Å²) >= 11 is 0. The number of rotatable bonds is 4. The third kappa shape index (κ3) is 3.15. The van der Waals surface area contributed by atoms with E-state index in [4.69, 9.17) is 9.84 Å². The van der Waals surface area contributed by atoms with E-state index >= 15 is 0 Å². The van der Waals surface area contributed by atoms with Gasteiger partial charge in [0.1, 0.15) is 11.6 Å². The average Bonchev–Trinajstić information content (AvgIpc) is 2.38. The van der Waals surface area contributed by atoms with Crippen LogP contribution in [0.4, 0.5) is 4.39 Å². The van der Waals surface area contributed by atoms with Crippen LogP contribution in [-0.4, -0.2) is 17.2 Å². The van der Waals surface area contributed by atoms with E-state index in [1.165, 1.54) is 12.1 Å². The second-order valence-corrected chi connectivity index (χ2v) is 4.69. The van der Waals surface area contributed by atoms with Crippen molar-refractivity contribution in [3.8, 4) is 16.9 Å². The quantitative estimate of drug-likeness (QED) is 0.917. The van der Waals surface area contributed by atoms with Crippen LogP contribution in [0.1, 0.15) is 24.2 Å². The van der Waals surface area contributed by atoms with Crippen molar-refractivity contribution < 1.29 is 19.0 Å². The largest absolute Gasteiger partial charge is 0.491 e. The Morgan fingerprint density at radius 1 is 1.20 bits per heavy atom. The number of ether oxygens (including phenoxy) is 1. The van der Waals surface area contributed by atoms with E-state index in [1.54, 1.807) is 24.3 Å². The first-order valence-electron chi connectivity index (χ1n) is 6.27. The lowest BCUT2D eigenvalue weighted by atomic mass is 10.0. The number of hydrogen-bond acceptors (Lipinski definition) is 2. The first-order valence-corrected chi connectivity index (χ1v) is 6.27. The van der Waals surface area contributed by atoms with Crippen molar-refractivity contribution in [2.45, 2.75) is 20.0 Å². The molecule has 0 unspecified atom stereocenters. The molecule has 3 nitrogen and oxygen atoms in total. The molecule has 0 aliphatic rings. The van der Waals surface area contributed by atoms with Crippen LogP contribution in [0.3, 0.4) is 0 Å².